The van der Waals surface area contributed by atoms with Crippen LogP contribution in [0.1, 0.15) is 58.6 Å². The van der Waals surface area contributed by atoms with Crippen molar-refractivity contribution in [2.24, 2.45) is 5.92 Å². The Morgan fingerprint density at radius 2 is 1.59 bits per heavy atom. The molecule has 0 saturated carbocycles. The van der Waals surface area contributed by atoms with Crippen LogP contribution in [0.3, 0.4) is 0 Å². The molecule has 0 unspecified atom stereocenters. The van der Waals surface area contributed by atoms with Crippen LogP contribution < -0.4 is 4.74 Å². The molecule has 0 aliphatic carbocycles. The number of piperazine rings is 1. The monoisotopic (exact) mass is 637 g/mol. The Morgan fingerprint density at radius 1 is 0.955 bits per heavy atom. The summed E-state index contributed by atoms with van der Waals surface area (Å²) < 4.78 is 50.5. The van der Waals surface area contributed by atoms with Gasteiger partial charge in [0.1, 0.15) is 23.2 Å². The van der Waals surface area contributed by atoms with E-state index < -0.39 is 30.0 Å². The molecule has 0 N–H and O–H groups in total. The van der Waals surface area contributed by atoms with E-state index in [0.717, 1.165) is 5.56 Å². The maximum Gasteiger partial charge on any atom is 0.387 e. The van der Waals surface area contributed by atoms with Gasteiger partial charge in [-0.3, -0.25) is 19.4 Å². The zero-order valence-corrected chi connectivity index (χ0v) is 27.0. The lowest BCUT2D eigenvalue weighted by molar-refractivity contribution is -0.162. The van der Waals surface area contributed by atoms with Gasteiger partial charge >= 0.3 is 12.6 Å². The fraction of sp³-hybridized carbons (Fsp3) is 0.576. The van der Waals surface area contributed by atoms with Gasteiger partial charge in [0.05, 0.1) is 5.92 Å². The minimum atomic E-state index is -2.92. The Bertz CT molecular complexity index is 1300. The molecule has 2 aliphatic heterocycles. The molecule has 1 amide bonds. The molecule has 0 radical (unpaired) electrons. The quantitative estimate of drug-likeness (QED) is 0.332. The van der Waals surface area contributed by atoms with Gasteiger partial charge in [-0.1, -0.05) is 29.8 Å². The van der Waals surface area contributed by atoms with Crippen LogP contribution in [0.15, 0.2) is 42.5 Å². The maximum atomic E-state index is 15.1. The van der Waals surface area contributed by atoms with E-state index in [-0.39, 0.29) is 29.1 Å². The number of nitrogens with zero attached hydrogens (tertiary/aromatic N) is 3. The Labute approximate surface area is 263 Å². The molecule has 2 aromatic carbocycles. The van der Waals surface area contributed by atoms with E-state index in [9.17, 15) is 18.4 Å². The summed E-state index contributed by atoms with van der Waals surface area (Å²) in [5.41, 5.74) is 0.365. The van der Waals surface area contributed by atoms with Crippen molar-refractivity contribution in [3.05, 3.63) is 64.4 Å². The largest absolute Gasteiger partial charge is 0.459 e. The van der Waals surface area contributed by atoms with Crippen LogP contribution in [0.25, 0.3) is 0 Å². The third-order valence-electron chi connectivity index (χ3n) is 8.27. The van der Waals surface area contributed by atoms with E-state index in [4.69, 9.17) is 16.3 Å². The number of hydrogen-bond acceptors (Lipinski definition) is 6. The molecule has 2 saturated heterocycles. The van der Waals surface area contributed by atoms with Crippen molar-refractivity contribution in [1.82, 2.24) is 14.7 Å². The van der Waals surface area contributed by atoms with Crippen LogP contribution in [0.5, 0.6) is 5.75 Å². The average molecular weight is 638 g/mol. The van der Waals surface area contributed by atoms with Crippen molar-refractivity contribution < 1.29 is 32.2 Å². The van der Waals surface area contributed by atoms with Gasteiger partial charge in [-0.2, -0.15) is 8.78 Å². The second-order valence-corrected chi connectivity index (χ2v) is 14.0. The fourth-order valence-electron chi connectivity index (χ4n) is 5.97. The standard InChI is InChI=1S/C33H43ClF3N3O4/c1-32(2,3)40-19-25(24-12-9-22(34)18-27(24)35)26(20-40)29(41)39-15-13-38(14-16-39)28(30(42)44-33(4,5)6)17-21-7-10-23(11-8-21)43-31(36)37/h7-12,18,25-26,28,31H,13-17,19-20H2,1-6H3/t25-,26+,28-/m0/s1. The predicted molar refractivity (Wildman–Crippen MR) is 164 cm³/mol. The number of hydrogen-bond donors (Lipinski definition) is 0. The molecule has 0 aromatic heterocycles. The number of halogens is 4. The Hall–Kier alpha value is -2.82. The minimum absolute atomic E-state index is 0.0285. The van der Waals surface area contributed by atoms with Crippen LogP contribution in [0.2, 0.25) is 5.02 Å². The summed E-state index contributed by atoms with van der Waals surface area (Å²) >= 11 is 6.02. The SMILES string of the molecule is CC(C)(C)OC(=O)[C@H](Cc1ccc(OC(F)F)cc1)N1CCN(C(=O)[C@@H]2CN(C(C)(C)C)C[C@H]2c2ccc(Cl)cc2F)CC1. The van der Waals surface area contributed by atoms with Crippen molar-refractivity contribution in [3.8, 4) is 5.75 Å². The van der Waals surface area contributed by atoms with E-state index in [1.165, 1.54) is 18.2 Å². The summed E-state index contributed by atoms with van der Waals surface area (Å²) in [4.78, 5) is 33.4. The Morgan fingerprint density at radius 3 is 2.14 bits per heavy atom. The number of carbonyl (C=O) groups excluding carboxylic acids is 2. The maximum absolute atomic E-state index is 15.1. The Kier molecular flexibility index (Phi) is 10.6. The van der Waals surface area contributed by atoms with Crippen LogP contribution in [0.4, 0.5) is 13.2 Å². The molecular weight excluding hydrogens is 595 g/mol. The number of rotatable bonds is 8. The predicted octanol–water partition coefficient (Wildman–Crippen LogP) is 5.99. The molecule has 242 valence electrons. The van der Waals surface area contributed by atoms with Gasteiger partial charge in [0.15, 0.2) is 0 Å². The lowest BCUT2D eigenvalue weighted by Crippen LogP contribution is -2.56. The normalized spacial score (nSPS) is 21.0. The van der Waals surface area contributed by atoms with E-state index >= 15 is 4.39 Å². The third-order valence-corrected chi connectivity index (χ3v) is 8.51. The smallest absolute Gasteiger partial charge is 0.387 e. The second-order valence-electron chi connectivity index (χ2n) is 13.6. The summed E-state index contributed by atoms with van der Waals surface area (Å²) in [6.45, 7) is 11.5. The minimum Gasteiger partial charge on any atom is -0.459 e. The highest BCUT2D eigenvalue weighted by atomic mass is 35.5. The molecule has 2 heterocycles. The first kappa shape index (κ1) is 34.1. The molecule has 3 atom stereocenters. The van der Waals surface area contributed by atoms with Crippen molar-refractivity contribution >= 4 is 23.5 Å². The van der Waals surface area contributed by atoms with Crippen molar-refractivity contribution in [1.29, 1.82) is 0 Å². The number of esters is 1. The van der Waals surface area contributed by atoms with E-state index in [1.807, 2.05) is 9.80 Å². The van der Waals surface area contributed by atoms with Gasteiger partial charge in [0.25, 0.3) is 0 Å². The van der Waals surface area contributed by atoms with E-state index in [0.29, 0.717) is 56.3 Å². The van der Waals surface area contributed by atoms with Crippen LogP contribution >= 0.6 is 11.6 Å². The van der Waals surface area contributed by atoms with Gasteiger partial charge in [-0.05, 0) is 83.4 Å². The topological polar surface area (TPSA) is 62.3 Å². The first-order chi connectivity index (χ1) is 20.5. The summed E-state index contributed by atoms with van der Waals surface area (Å²) in [7, 11) is 0. The molecule has 0 bridgehead atoms. The number of alkyl halides is 2. The number of benzene rings is 2. The molecular formula is C33H43ClF3N3O4. The zero-order valence-electron chi connectivity index (χ0n) is 26.3. The first-order valence-corrected chi connectivity index (χ1v) is 15.4. The van der Waals surface area contributed by atoms with Crippen LogP contribution in [-0.2, 0) is 20.7 Å². The lowest BCUT2D eigenvalue weighted by Gasteiger charge is -2.40. The van der Waals surface area contributed by atoms with Crippen molar-refractivity contribution in [3.63, 3.8) is 0 Å². The molecule has 2 aliphatic rings. The molecule has 0 spiro atoms. The zero-order chi connectivity index (χ0) is 32.4. The average Bonchev–Trinajstić information content (AvgIpc) is 3.37. The molecule has 2 fully saturated rings. The van der Waals surface area contributed by atoms with E-state index in [1.54, 1.807) is 45.0 Å². The number of likely N-dealkylation sites (tertiary alicyclic amines) is 1. The molecule has 2 aromatic rings. The van der Waals surface area contributed by atoms with Crippen molar-refractivity contribution in [2.45, 2.75) is 77.7 Å². The third kappa shape index (κ3) is 8.67. The van der Waals surface area contributed by atoms with Gasteiger partial charge < -0.3 is 14.4 Å². The van der Waals surface area contributed by atoms with Crippen LogP contribution in [-0.4, -0.2) is 89.6 Å². The Balaban J connectivity index is 1.49. The van der Waals surface area contributed by atoms with Crippen molar-refractivity contribution in [2.75, 3.05) is 39.3 Å². The van der Waals surface area contributed by atoms with Gasteiger partial charge in [-0.25, -0.2) is 4.39 Å². The number of carbonyl (C=O) groups is 2. The van der Waals surface area contributed by atoms with Gasteiger partial charge in [0, 0.05) is 55.7 Å². The molecule has 11 heteroatoms. The molecule has 44 heavy (non-hydrogen) atoms. The van der Waals surface area contributed by atoms with Crippen LogP contribution in [0, 0.1) is 11.7 Å². The number of ether oxygens (including phenoxy) is 2. The number of amides is 1. The lowest BCUT2D eigenvalue weighted by atomic mass is 9.87. The fourth-order valence-corrected chi connectivity index (χ4v) is 6.13. The van der Waals surface area contributed by atoms with E-state index in [2.05, 4.69) is 30.4 Å². The second kappa shape index (κ2) is 13.7. The highest BCUT2D eigenvalue weighted by Crippen LogP contribution is 2.39. The highest BCUT2D eigenvalue weighted by Gasteiger charge is 2.45. The summed E-state index contributed by atoms with van der Waals surface area (Å²) in [6.07, 6.45) is 0.304. The molecule has 4 rings (SSSR count). The summed E-state index contributed by atoms with van der Waals surface area (Å²) in [6, 6.07) is 10.2. The van der Waals surface area contributed by atoms with Gasteiger partial charge in [-0.15, -0.1) is 0 Å². The first-order valence-electron chi connectivity index (χ1n) is 15.0. The van der Waals surface area contributed by atoms with Gasteiger partial charge in [0.2, 0.25) is 5.91 Å². The molecule has 7 nitrogen and oxygen atoms in total. The summed E-state index contributed by atoms with van der Waals surface area (Å²) in [5, 5.41) is 0.313. The summed E-state index contributed by atoms with van der Waals surface area (Å²) in [5.74, 6) is -1.52. The highest BCUT2D eigenvalue weighted by molar-refractivity contribution is 6.30.